The number of amides is 1. The number of hydrogen-bond donors (Lipinski definition) is 1. The minimum Gasteiger partial charge on any atom is -0.376 e. The molecule has 0 bridgehead atoms. The fourth-order valence-electron chi connectivity index (χ4n) is 4.62. The molecule has 5 nitrogen and oxygen atoms in total. The van der Waals surface area contributed by atoms with Crippen LogP contribution in [0, 0.1) is 12.8 Å². The Hall–Kier alpha value is -2.40. The van der Waals surface area contributed by atoms with E-state index >= 15 is 0 Å². The molecule has 4 rings (SSSR count). The molecule has 0 saturated heterocycles. The highest BCUT2D eigenvalue weighted by Gasteiger charge is 2.36. The third-order valence-electron chi connectivity index (χ3n) is 6.07. The Bertz CT molecular complexity index is 887. The maximum absolute atomic E-state index is 13.8. The molecule has 154 valence electrons. The number of pyridine rings is 1. The number of aromatic nitrogens is 1. The van der Waals surface area contributed by atoms with E-state index < -0.39 is 0 Å². The van der Waals surface area contributed by atoms with Crippen LogP contribution in [0.15, 0.2) is 36.5 Å². The first-order valence-electron chi connectivity index (χ1n) is 10.7. The van der Waals surface area contributed by atoms with Gasteiger partial charge >= 0.3 is 0 Å². The topological polar surface area (TPSA) is 54.5 Å². The molecule has 1 aromatic heterocycles. The average molecular weight is 394 g/mol. The van der Waals surface area contributed by atoms with Gasteiger partial charge in [-0.1, -0.05) is 12.1 Å². The van der Waals surface area contributed by atoms with Gasteiger partial charge in [-0.3, -0.25) is 4.79 Å². The molecule has 1 N–H and O–H groups in total. The number of benzene rings is 1. The van der Waals surface area contributed by atoms with Crippen LogP contribution in [0.3, 0.4) is 0 Å². The maximum Gasteiger partial charge on any atom is 0.230 e. The van der Waals surface area contributed by atoms with Crippen molar-refractivity contribution in [3.05, 3.63) is 47.7 Å². The fourth-order valence-corrected chi connectivity index (χ4v) is 4.62. The molecular weight excluding hydrogens is 362 g/mol. The molecule has 1 atom stereocenters. The van der Waals surface area contributed by atoms with Gasteiger partial charge < -0.3 is 15.0 Å². The van der Waals surface area contributed by atoms with Crippen LogP contribution >= 0.6 is 0 Å². The lowest BCUT2D eigenvalue weighted by molar-refractivity contribution is -0.125. The van der Waals surface area contributed by atoms with Gasteiger partial charge in [-0.15, -0.1) is 0 Å². The molecule has 1 fully saturated rings. The Morgan fingerprint density at radius 3 is 2.69 bits per heavy atom. The largest absolute Gasteiger partial charge is 0.376 e. The summed E-state index contributed by atoms with van der Waals surface area (Å²) in [6, 6.07) is 10.2. The standard InChI is InChI=1S/C24H31N3O2/c1-15(2)29-19-10-8-18(9-11-19)24(28)27-17(4)20-6-5-13-25-23(20)26-21-12-7-16(3)14-22(21)27/h5-7,12-15,17-19H,8-11H2,1-4H3,(H,25,26). The van der Waals surface area contributed by atoms with Crippen LogP contribution in [0.5, 0.6) is 0 Å². The van der Waals surface area contributed by atoms with Crippen molar-refractivity contribution in [3.8, 4) is 0 Å². The third kappa shape index (κ3) is 4.01. The Kier molecular flexibility index (Phi) is 5.59. The second-order valence-corrected chi connectivity index (χ2v) is 8.63. The van der Waals surface area contributed by atoms with Crippen molar-refractivity contribution in [2.45, 2.75) is 71.6 Å². The summed E-state index contributed by atoms with van der Waals surface area (Å²) in [5, 5.41) is 3.45. The van der Waals surface area contributed by atoms with E-state index in [0.29, 0.717) is 0 Å². The zero-order chi connectivity index (χ0) is 20.5. The van der Waals surface area contributed by atoms with Gasteiger partial charge in [0.25, 0.3) is 0 Å². The van der Waals surface area contributed by atoms with Crippen molar-refractivity contribution in [2.75, 3.05) is 10.2 Å². The van der Waals surface area contributed by atoms with Gasteiger partial charge in [0.05, 0.1) is 29.6 Å². The third-order valence-corrected chi connectivity index (χ3v) is 6.07. The summed E-state index contributed by atoms with van der Waals surface area (Å²) in [6.07, 6.45) is 5.98. The first-order chi connectivity index (χ1) is 13.9. The van der Waals surface area contributed by atoms with Gasteiger partial charge in [0.1, 0.15) is 5.82 Å². The molecule has 1 saturated carbocycles. The predicted molar refractivity (Wildman–Crippen MR) is 117 cm³/mol. The quantitative estimate of drug-likeness (QED) is 0.745. The average Bonchev–Trinajstić information content (AvgIpc) is 2.81. The van der Waals surface area contributed by atoms with E-state index in [2.05, 4.69) is 62.3 Å². The fraction of sp³-hybridized carbons (Fsp3) is 0.500. The van der Waals surface area contributed by atoms with E-state index in [1.165, 1.54) is 0 Å². The summed E-state index contributed by atoms with van der Waals surface area (Å²) < 4.78 is 5.98. The van der Waals surface area contributed by atoms with Crippen LogP contribution in [0.2, 0.25) is 0 Å². The molecule has 2 heterocycles. The number of nitrogens with one attached hydrogen (secondary N) is 1. The number of ether oxygens (including phenoxy) is 1. The van der Waals surface area contributed by atoms with Crippen molar-refractivity contribution in [1.29, 1.82) is 0 Å². The Morgan fingerprint density at radius 2 is 1.97 bits per heavy atom. The van der Waals surface area contributed by atoms with Gasteiger partial charge in [0.15, 0.2) is 0 Å². The number of rotatable bonds is 3. The van der Waals surface area contributed by atoms with Crippen molar-refractivity contribution < 1.29 is 9.53 Å². The molecule has 5 heteroatoms. The molecule has 2 aromatic rings. The van der Waals surface area contributed by atoms with Crippen molar-refractivity contribution in [2.24, 2.45) is 5.92 Å². The van der Waals surface area contributed by atoms with Gasteiger partial charge in [-0.05, 0) is 77.1 Å². The van der Waals surface area contributed by atoms with Crippen molar-refractivity contribution in [1.82, 2.24) is 4.98 Å². The number of aryl methyl sites for hydroxylation is 1. The monoisotopic (exact) mass is 393 g/mol. The summed E-state index contributed by atoms with van der Waals surface area (Å²) in [7, 11) is 0. The normalized spacial score (nSPS) is 23.8. The van der Waals surface area contributed by atoms with Gasteiger partial charge in [-0.25, -0.2) is 4.98 Å². The van der Waals surface area contributed by atoms with Crippen molar-refractivity contribution in [3.63, 3.8) is 0 Å². The highest BCUT2D eigenvalue weighted by Crippen LogP contribution is 2.42. The van der Waals surface area contributed by atoms with E-state index in [-0.39, 0.29) is 30.1 Å². The molecule has 1 aromatic carbocycles. The Labute approximate surface area is 173 Å². The summed E-state index contributed by atoms with van der Waals surface area (Å²) >= 11 is 0. The zero-order valence-corrected chi connectivity index (χ0v) is 17.8. The highest BCUT2D eigenvalue weighted by atomic mass is 16.5. The summed E-state index contributed by atoms with van der Waals surface area (Å²) in [4.78, 5) is 20.3. The van der Waals surface area contributed by atoms with Crippen LogP contribution in [0.4, 0.5) is 17.2 Å². The van der Waals surface area contributed by atoms with E-state index in [4.69, 9.17) is 4.74 Å². The lowest BCUT2D eigenvalue weighted by atomic mass is 9.85. The van der Waals surface area contributed by atoms with Crippen LogP contribution < -0.4 is 10.2 Å². The molecule has 29 heavy (non-hydrogen) atoms. The Morgan fingerprint density at radius 1 is 1.21 bits per heavy atom. The molecule has 0 spiro atoms. The molecule has 2 aliphatic rings. The lowest BCUT2D eigenvalue weighted by Crippen LogP contribution is -2.40. The number of anilines is 3. The molecule has 1 aliphatic heterocycles. The van der Waals surface area contributed by atoms with E-state index in [9.17, 15) is 4.79 Å². The molecule has 0 radical (unpaired) electrons. The summed E-state index contributed by atoms with van der Waals surface area (Å²) in [5.74, 6) is 1.08. The summed E-state index contributed by atoms with van der Waals surface area (Å²) in [6.45, 7) is 8.32. The molecule has 1 aliphatic carbocycles. The lowest BCUT2D eigenvalue weighted by Gasteiger charge is -2.35. The first-order valence-corrected chi connectivity index (χ1v) is 10.7. The van der Waals surface area contributed by atoms with Gasteiger partial charge in [0, 0.05) is 17.7 Å². The van der Waals surface area contributed by atoms with E-state index in [0.717, 1.165) is 54.0 Å². The van der Waals surface area contributed by atoms with Crippen LogP contribution in [-0.4, -0.2) is 23.1 Å². The van der Waals surface area contributed by atoms with E-state index in [1.54, 1.807) is 6.20 Å². The van der Waals surface area contributed by atoms with Crippen molar-refractivity contribution >= 4 is 23.1 Å². The summed E-state index contributed by atoms with van der Waals surface area (Å²) in [5.41, 5.74) is 4.07. The number of nitrogens with zero attached hydrogens (tertiary/aromatic N) is 2. The molecule has 1 amide bonds. The van der Waals surface area contributed by atoms with Gasteiger partial charge in [-0.2, -0.15) is 0 Å². The number of fused-ring (bicyclic) bond motifs is 2. The Balaban J connectivity index is 1.65. The van der Waals surface area contributed by atoms with Crippen LogP contribution in [0.1, 0.15) is 63.6 Å². The van der Waals surface area contributed by atoms with E-state index in [1.807, 2.05) is 11.0 Å². The second kappa shape index (κ2) is 8.15. The maximum atomic E-state index is 13.8. The SMILES string of the molecule is Cc1ccc2c(c1)N(C(=O)C1CCC(OC(C)C)CC1)C(C)c1cccnc1N2. The minimum atomic E-state index is -0.0774. The zero-order valence-electron chi connectivity index (χ0n) is 17.8. The smallest absolute Gasteiger partial charge is 0.230 e. The minimum absolute atomic E-state index is 0.0380. The highest BCUT2D eigenvalue weighted by molar-refractivity contribution is 6.00. The van der Waals surface area contributed by atoms with Crippen LogP contribution in [-0.2, 0) is 9.53 Å². The first kappa shape index (κ1) is 19.9. The molecular formula is C24H31N3O2. The number of carbonyl (C=O) groups excluding carboxylic acids is 1. The van der Waals surface area contributed by atoms with Gasteiger partial charge in [0.2, 0.25) is 5.91 Å². The second-order valence-electron chi connectivity index (χ2n) is 8.63. The number of carbonyl (C=O) groups is 1. The molecule has 1 unspecified atom stereocenters. The van der Waals surface area contributed by atoms with Crippen LogP contribution in [0.25, 0.3) is 0 Å². The predicted octanol–water partition coefficient (Wildman–Crippen LogP) is 5.53. The number of hydrogen-bond acceptors (Lipinski definition) is 4.